The van der Waals surface area contributed by atoms with Crippen LogP contribution in [0.15, 0.2) is 10.9 Å². The number of halogens is 3. The van der Waals surface area contributed by atoms with E-state index >= 15 is 0 Å². The van der Waals surface area contributed by atoms with Crippen LogP contribution in [0.4, 0.5) is 13.2 Å². The van der Waals surface area contributed by atoms with Gasteiger partial charge < -0.3 is 9.63 Å². The van der Waals surface area contributed by atoms with Gasteiger partial charge in [0.25, 0.3) is 0 Å². The third-order valence-corrected chi connectivity index (χ3v) is 4.61. The summed E-state index contributed by atoms with van der Waals surface area (Å²) in [5.41, 5.74) is 6.02. The summed E-state index contributed by atoms with van der Waals surface area (Å²) in [6.45, 7) is 9.13. The predicted octanol–water partition coefficient (Wildman–Crippen LogP) is 2.88. The fraction of sp³-hybridized carbons (Fsp3) is 0.556. The molecule has 1 aliphatic heterocycles. The van der Waals surface area contributed by atoms with Gasteiger partial charge in [0.15, 0.2) is 0 Å². The van der Waals surface area contributed by atoms with Gasteiger partial charge in [-0.05, 0) is 32.3 Å². The zero-order chi connectivity index (χ0) is 20.9. The van der Waals surface area contributed by atoms with E-state index in [1.807, 2.05) is 13.8 Å². The van der Waals surface area contributed by atoms with Crippen molar-refractivity contribution in [2.75, 3.05) is 13.1 Å². The summed E-state index contributed by atoms with van der Waals surface area (Å²) >= 11 is 0. The van der Waals surface area contributed by atoms with Gasteiger partial charge in [-0.3, -0.25) is 4.90 Å². The van der Waals surface area contributed by atoms with E-state index in [0.717, 1.165) is 50.4 Å². The van der Waals surface area contributed by atoms with Crippen molar-refractivity contribution in [3.8, 4) is 0 Å². The summed E-state index contributed by atoms with van der Waals surface area (Å²) in [4.78, 5) is 20.3. The molecule has 0 amide bonds. The number of aromatic nitrogens is 3. The zero-order valence-electron chi connectivity index (χ0n) is 16.0. The molecule has 0 radical (unpaired) electrons. The number of aryl methyl sites for hydroxylation is 3. The number of rotatable bonds is 3. The van der Waals surface area contributed by atoms with E-state index in [-0.39, 0.29) is 0 Å². The first-order valence-corrected chi connectivity index (χ1v) is 8.89. The van der Waals surface area contributed by atoms with Gasteiger partial charge >= 0.3 is 12.1 Å². The Balaban J connectivity index is 0.000000345. The highest BCUT2D eigenvalue weighted by Gasteiger charge is 2.38. The van der Waals surface area contributed by atoms with Crippen LogP contribution >= 0.6 is 0 Å². The van der Waals surface area contributed by atoms with Crippen molar-refractivity contribution in [2.24, 2.45) is 0 Å². The first-order chi connectivity index (χ1) is 13.1. The molecule has 10 heteroatoms. The normalized spacial score (nSPS) is 14.6. The van der Waals surface area contributed by atoms with Crippen molar-refractivity contribution in [2.45, 2.75) is 52.8 Å². The molecule has 0 spiro atoms. The topological polar surface area (TPSA) is 92.4 Å². The lowest BCUT2D eigenvalue weighted by molar-refractivity contribution is -0.192. The van der Waals surface area contributed by atoms with Crippen LogP contribution < -0.4 is 0 Å². The number of fused-ring (bicyclic) bond motifs is 1. The van der Waals surface area contributed by atoms with Gasteiger partial charge in [-0.2, -0.15) is 13.2 Å². The van der Waals surface area contributed by atoms with Crippen LogP contribution in [0.5, 0.6) is 0 Å². The number of alkyl halides is 3. The molecule has 0 aliphatic carbocycles. The van der Waals surface area contributed by atoms with Gasteiger partial charge in [0.05, 0.1) is 5.69 Å². The summed E-state index contributed by atoms with van der Waals surface area (Å²) in [6.07, 6.45) is -0.368. The molecule has 0 atom stereocenters. The van der Waals surface area contributed by atoms with Crippen LogP contribution in [-0.2, 0) is 30.6 Å². The summed E-state index contributed by atoms with van der Waals surface area (Å²) in [5.74, 6) is -1.82. The molecular formula is C18H23F3N4O3. The van der Waals surface area contributed by atoms with Crippen molar-refractivity contribution in [3.05, 3.63) is 40.3 Å². The highest BCUT2D eigenvalue weighted by molar-refractivity contribution is 5.73. The molecule has 0 bridgehead atoms. The Bertz CT molecular complexity index is 801. The molecule has 0 saturated carbocycles. The van der Waals surface area contributed by atoms with E-state index in [9.17, 15) is 13.2 Å². The SMILES string of the molecule is CCc1ncnc2c1CCN(Cc1c(C)noc1C)CC2.O=C(O)C(F)(F)F. The van der Waals surface area contributed by atoms with E-state index in [1.165, 1.54) is 22.5 Å². The number of carbonyl (C=O) groups is 1. The van der Waals surface area contributed by atoms with Gasteiger partial charge in [0.1, 0.15) is 12.1 Å². The highest BCUT2D eigenvalue weighted by atomic mass is 19.4. The van der Waals surface area contributed by atoms with Crippen LogP contribution in [0, 0.1) is 13.8 Å². The maximum atomic E-state index is 10.6. The Labute approximate surface area is 160 Å². The third kappa shape index (κ3) is 5.51. The number of hydrogen-bond donors (Lipinski definition) is 1. The van der Waals surface area contributed by atoms with Crippen molar-refractivity contribution >= 4 is 5.97 Å². The van der Waals surface area contributed by atoms with Crippen LogP contribution in [0.2, 0.25) is 0 Å². The number of hydrogen-bond acceptors (Lipinski definition) is 6. The number of carboxylic acids is 1. The Morgan fingerprint density at radius 1 is 1.25 bits per heavy atom. The third-order valence-electron chi connectivity index (χ3n) is 4.61. The fourth-order valence-electron chi connectivity index (χ4n) is 3.05. The molecule has 28 heavy (non-hydrogen) atoms. The van der Waals surface area contributed by atoms with E-state index in [0.29, 0.717) is 0 Å². The quantitative estimate of drug-likeness (QED) is 0.847. The van der Waals surface area contributed by atoms with E-state index in [4.69, 9.17) is 14.4 Å². The van der Waals surface area contributed by atoms with Gasteiger partial charge in [0.2, 0.25) is 0 Å². The molecule has 1 N–H and O–H groups in total. The van der Waals surface area contributed by atoms with E-state index in [1.54, 1.807) is 6.33 Å². The van der Waals surface area contributed by atoms with Gasteiger partial charge in [0, 0.05) is 43.0 Å². The molecular weight excluding hydrogens is 377 g/mol. The van der Waals surface area contributed by atoms with Gasteiger partial charge in [-0.25, -0.2) is 14.8 Å². The van der Waals surface area contributed by atoms with Crippen molar-refractivity contribution in [1.29, 1.82) is 0 Å². The standard InChI is InChI=1S/C16H22N4O.C2HF3O2/c1-4-15-13-5-7-20(8-6-16(13)18-10-17-15)9-14-11(2)19-21-12(14)3;3-2(4,5)1(6)7/h10H,4-9H2,1-3H3;(H,6,7). The Morgan fingerprint density at radius 3 is 2.43 bits per heavy atom. The molecule has 154 valence electrons. The largest absolute Gasteiger partial charge is 0.490 e. The Kier molecular flexibility index (Phi) is 7.11. The molecule has 7 nitrogen and oxygen atoms in total. The van der Waals surface area contributed by atoms with Gasteiger partial charge in [-0.15, -0.1) is 0 Å². The second-order valence-electron chi connectivity index (χ2n) is 6.48. The van der Waals surface area contributed by atoms with E-state index < -0.39 is 12.1 Å². The zero-order valence-corrected chi connectivity index (χ0v) is 16.0. The maximum absolute atomic E-state index is 10.6. The number of carboxylic acid groups (broad SMARTS) is 1. The summed E-state index contributed by atoms with van der Waals surface area (Å²) < 4.78 is 37.0. The highest BCUT2D eigenvalue weighted by Crippen LogP contribution is 2.20. The van der Waals surface area contributed by atoms with Crippen molar-refractivity contribution in [1.82, 2.24) is 20.0 Å². The lowest BCUT2D eigenvalue weighted by Gasteiger charge is -2.19. The molecule has 0 saturated heterocycles. The monoisotopic (exact) mass is 400 g/mol. The molecule has 2 aromatic heterocycles. The fourth-order valence-corrected chi connectivity index (χ4v) is 3.05. The van der Waals surface area contributed by atoms with Gasteiger partial charge in [-0.1, -0.05) is 12.1 Å². The van der Waals surface area contributed by atoms with Crippen LogP contribution in [-0.4, -0.2) is 50.4 Å². The van der Waals surface area contributed by atoms with Crippen LogP contribution in [0.1, 0.15) is 40.9 Å². The molecule has 0 aromatic carbocycles. The summed E-state index contributed by atoms with van der Waals surface area (Å²) in [7, 11) is 0. The lowest BCUT2D eigenvalue weighted by Crippen LogP contribution is -2.26. The molecule has 1 aliphatic rings. The second kappa shape index (κ2) is 9.13. The van der Waals surface area contributed by atoms with Crippen molar-refractivity contribution < 1.29 is 27.6 Å². The summed E-state index contributed by atoms with van der Waals surface area (Å²) in [5, 5.41) is 11.2. The maximum Gasteiger partial charge on any atom is 0.490 e. The minimum Gasteiger partial charge on any atom is -0.475 e. The minimum absolute atomic E-state index is 0.907. The molecule has 0 unspecified atom stereocenters. The van der Waals surface area contributed by atoms with Crippen LogP contribution in [0.25, 0.3) is 0 Å². The van der Waals surface area contributed by atoms with E-state index in [2.05, 4.69) is 26.9 Å². The first-order valence-electron chi connectivity index (χ1n) is 8.89. The Morgan fingerprint density at radius 2 is 1.89 bits per heavy atom. The smallest absolute Gasteiger partial charge is 0.475 e. The minimum atomic E-state index is -5.08. The van der Waals surface area contributed by atoms with Crippen LogP contribution in [0.3, 0.4) is 0 Å². The van der Waals surface area contributed by atoms with Crippen molar-refractivity contribution in [3.63, 3.8) is 0 Å². The first kappa shape index (κ1) is 21.8. The molecule has 0 fully saturated rings. The predicted molar refractivity (Wildman–Crippen MR) is 93.8 cm³/mol. The second-order valence-corrected chi connectivity index (χ2v) is 6.48. The Hall–Kier alpha value is -2.49. The number of aliphatic carboxylic acids is 1. The molecule has 2 aromatic rings. The average Bonchev–Trinajstić information content (AvgIpc) is 2.84. The molecule has 3 heterocycles. The number of nitrogens with zero attached hydrogens (tertiary/aromatic N) is 4. The summed E-state index contributed by atoms with van der Waals surface area (Å²) in [6, 6.07) is 0. The average molecular weight is 400 g/mol. The lowest BCUT2D eigenvalue weighted by atomic mass is 10.1. The molecule has 3 rings (SSSR count).